The summed E-state index contributed by atoms with van der Waals surface area (Å²) in [7, 11) is 1.66. The Kier molecular flexibility index (Phi) is 4.16. The van der Waals surface area contributed by atoms with E-state index in [0.717, 1.165) is 34.0 Å². The van der Waals surface area contributed by atoms with Gasteiger partial charge in [0.25, 0.3) is 0 Å². The molecular formula is C17H22N2O2. The van der Waals surface area contributed by atoms with E-state index in [-0.39, 0.29) is 5.60 Å². The first-order chi connectivity index (χ1) is 9.81. The number of hydrogen-bond donors (Lipinski definition) is 0. The van der Waals surface area contributed by atoms with Crippen molar-refractivity contribution in [2.75, 3.05) is 7.11 Å². The number of hydrogen-bond acceptors (Lipinski definition) is 4. The smallest absolute Gasteiger partial charge is 0.130 e. The van der Waals surface area contributed by atoms with Crippen molar-refractivity contribution in [1.29, 1.82) is 0 Å². The minimum absolute atomic E-state index is 0.242. The standard InChI is InChI=1S/C17H22N2O2/c1-11-16(12(2)19-10-18-11)14-8-7-13(9-15(14)20-6)21-17(3,4)5/h7-10H,1-6H3. The zero-order valence-electron chi connectivity index (χ0n) is 13.5. The lowest BCUT2D eigenvalue weighted by atomic mass is 10.0. The van der Waals surface area contributed by atoms with Gasteiger partial charge in [-0.25, -0.2) is 9.97 Å². The third-order valence-corrected chi connectivity index (χ3v) is 3.09. The van der Waals surface area contributed by atoms with Gasteiger partial charge in [-0.1, -0.05) is 0 Å². The largest absolute Gasteiger partial charge is 0.496 e. The summed E-state index contributed by atoms with van der Waals surface area (Å²) in [5.74, 6) is 1.55. The Morgan fingerprint density at radius 1 is 1.00 bits per heavy atom. The van der Waals surface area contributed by atoms with Crippen molar-refractivity contribution >= 4 is 0 Å². The molecule has 0 amide bonds. The van der Waals surface area contributed by atoms with Crippen molar-refractivity contribution in [2.45, 2.75) is 40.2 Å². The third kappa shape index (κ3) is 3.51. The minimum Gasteiger partial charge on any atom is -0.496 e. The average molecular weight is 286 g/mol. The number of nitrogens with zero attached hydrogens (tertiary/aromatic N) is 2. The van der Waals surface area contributed by atoms with E-state index in [9.17, 15) is 0 Å². The lowest BCUT2D eigenvalue weighted by Crippen LogP contribution is -2.22. The van der Waals surface area contributed by atoms with Gasteiger partial charge >= 0.3 is 0 Å². The number of aromatic nitrogens is 2. The fourth-order valence-electron chi connectivity index (χ4n) is 2.28. The molecule has 1 aromatic heterocycles. The Balaban J connectivity index is 2.51. The van der Waals surface area contributed by atoms with E-state index < -0.39 is 0 Å². The third-order valence-electron chi connectivity index (χ3n) is 3.09. The first-order valence-corrected chi connectivity index (χ1v) is 6.97. The van der Waals surface area contributed by atoms with Crippen LogP contribution in [0.25, 0.3) is 11.1 Å². The number of benzene rings is 1. The van der Waals surface area contributed by atoms with Gasteiger partial charge < -0.3 is 9.47 Å². The molecule has 0 aliphatic heterocycles. The normalized spacial score (nSPS) is 11.3. The predicted molar refractivity (Wildman–Crippen MR) is 83.9 cm³/mol. The molecule has 1 aromatic carbocycles. The molecule has 0 saturated heterocycles. The minimum atomic E-state index is -0.242. The molecule has 0 fully saturated rings. The van der Waals surface area contributed by atoms with Gasteiger partial charge in [0.1, 0.15) is 23.4 Å². The molecule has 0 bridgehead atoms. The molecule has 0 saturated carbocycles. The molecule has 4 heteroatoms. The highest BCUT2D eigenvalue weighted by Crippen LogP contribution is 2.36. The van der Waals surface area contributed by atoms with Crippen molar-refractivity contribution in [1.82, 2.24) is 9.97 Å². The van der Waals surface area contributed by atoms with E-state index >= 15 is 0 Å². The van der Waals surface area contributed by atoms with E-state index in [1.54, 1.807) is 13.4 Å². The average Bonchev–Trinajstić information content (AvgIpc) is 2.38. The Morgan fingerprint density at radius 3 is 2.14 bits per heavy atom. The SMILES string of the molecule is COc1cc(OC(C)(C)C)ccc1-c1c(C)ncnc1C. The lowest BCUT2D eigenvalue weighted by Gasteiger charge is -2.22. The van der Waals surface area contributed by atoms with E-state index in [1.807, 2.05) is 52.8 Å². The molecule has 0 atom stereocenters. The second-order valence-electron chi connectivity index (χ2n) is 6.00. The fourth-order valence-corrected chi connectivity index (χ4v) is 2.28. The quantitative estimate of drug-likeness (QED) is 0.857. The van der Waals surface area contributed by atoms with Crippen molar-refractivity contribution in [3.63, 3.8) is 0 Å². The number of rotatable bonds is 3. The van der Waals surface area contributed by atoms with Crippen molar-refractivity contribution in [2.24, 2.45) is 0 Å². The van der Waals surface area contributed by atoms with Crippen LogP contribution < -0.4 is 9.47 Å². The summed E-state index contributed by atoms with van der Waals surface area (Å²) in [4.78, 5) is 8.55. The lowest BCUT2D eigenvalue weighted by molar-refractivity contribution is 0.130. The van der Waals surface area contributed by atoms with Gasteiger partial charge in [-0.3, -0.25) is 0 Å². The van der Waals surface area contributed by atoms with Gasteiger partial charge in [-0.2, -0.15) is 0 Å². The summed E-state index contributed by atoms with van der Waals surface area (Å²) in [6.45, 7) is 10.0. The summed E-state index contributed by atoms with van der Waals surface area (Å²) >= 11 is 0. The first kappa shape index (κ1) is 15.3. The maximum Gasteiger partial charge on any atom is 0.130 e. The van der Waals surface area contributed by atoms with Crippen LogP contribution in [0.1, 0.15) is 32.2 Å². The zero-order valence-corrected chi connectivity index (χ0v) is 13.5. The molecule has 0 radical (unpaired) electrons. The molecule has 21 heavy (non-hydrogen) atoms. The van der Waals surface area contributed by atoms with Gasteiger partial charge in [0.15, 0.2) is 0 Å². The van der Waals surface area contributed by atoms with Crippen LogP contribution in [-0.4, -0.2) is 22.7 Å². The summed E-state index contributed by atoms with van der Waals surface area (Å²) in [5.41, 5.74) is 3.62. The van der Waals surface area contributed by atoms with E-state index in [2.05, 4.69) is 9.97 Å². The molecule has 0 N–H and O–H groups in total. The summed E-state index contributed by atoms with van der Waals surface area (Å²) < 4.78 is 11.4. The highest BCUT2D eigenvalue weighted by molar-refractivity contribution is 5.74. The highest BCUT2D eigenvalue weighted by Gasteiger charge is 2.16. The fraction of sp³-hybridized carbons (Fsp3) is 0.412. The highest BCUT2D eigenvalue weighted by atomic mass is 16.5. The van der Waals surface area contributed by atoms with E-state index in [1.165, 1.54) is 0 Å². The van der Waals surface area contributed by atoms with Crippen molar-refractivity contribution in [3.8, 4) is 22.6 Å². The number of methoxy groups -OCH3 is 1. The second-order valence-corrected chi connectivity index (χ2v) is 6.00. The molecule has 2 rings (SSSR count). The van der Waals surface area contributed by atoms with Crippen molar-refractivity contribution in [3.05, 3.63) is 35.9 Å². The summed E-state index contributed by atoms with van der Waals surface area (Å²) in [6, 6.07) is 5.86. The predicted octanol–water partition coefficient (Wildman–Crippen LogP) is 3.95. The topological polar surface area (TPSA) is 44.2 Å². The van der Waals surface area contributed by atoms with Crippen LogP contribution in [0.15, 0.2) is 24.5 Å². The van der Waals surface area contributed by atoms with Crippen LogP contribution >= 0.6 is 0 Å². The van der Waals surface area contributed by atoms with Crippen molar-refractivity contribution < 1.29 is 9.47 Å². The molecule has 4 nitrogen and oxygen atoms in total. The molecule has 2 aromatic rings. The Labute approximate surface area is 126 Å². The molecule has 0 spiro atoms. The van der Waals surface area contributed by atoms with Crippen LogP contribution in [0.5, 0.6) is 11.5 Å². The molecule has 0 aliphatic rings. The van der Waals surface area contributed by atoms with Crippen LogP contribution in [0.2, 0.25) is 0 Å². The Hall–Kier alpha value is -2.10. The van der Waals surface area contributed by atoms with Gasteiger partial charge in [0.05, 0.1) is 7.11 Å². The molecule has 0 unspecified atom stereocenters. The first-order valence-electron chi connectivity index (χ1n) is 6.97. The monoisotopic (exact) mass is 286 g/mol. The summed E-state index contributed by atoms with van der Waals surface area (Å²) in [5, 5.41) is 0. The maximum absolute atomic E-state index is 5.88. The number of aryl methyl sites for hydroxylation is 2. The molecule has 112 valence electrons. The molecule has 1 heterocycles. The van der Waals surface area contributed by atoms with E-state index in [0.29, 0.717) is 0 Å². The molecular weight excluding hydrogens is 264 g/mol. The zero-order chi connectivity index (χ0) is 15.6. The van der Waals surface area contributed by atoms with Crippen LogP contribution in [0, 0.1) is 13.8 Å². The molecule has 0 aliphatic carbocycles. The van der Waals surface area contributed by atoms with Gasteiger partial charge in [-0.15, -0.1) is 0 Å². The van der Waals surface area contributed by atoms with Gasteiger partial charge in [-0.05, 0) is 46.8 Å². The van der Waals surface area contributed by atoms with Gasteiger partial charge in [0.2, 0.25) is 0 Å². The Morgan fingerprint density at radius 2 is 1.62 bits per heavy atom. The van der Waals surface area contributed by atoms with Crippen LogP contribution in [0.4, 0.5) is 0 Å². The second kappa shape index (κ2) is 5.72. The van der Waals surface area contributed by atoms with E-state index in [4.69, 9.17) is 9.47 Å². The summed E-state index contributed by atoms with van der Waals surface area (Å²) in [6.07, 6.45) is 1.58. The Bertz CT molecular complexity index is 625. The maximum atomic E-state index is 5.88. The number of ether oxygens (including phenoxy) is 2. The van der Waals surface area contributed by atoms with Crippen LogP contribution in [-0.2, 0) is 0 Å². The van der Waals surface area contributed by atoms with Crippen LogP contribution in [0.3, 0.4) is 0 Å². The van der Waals surface area contributed by atoms with Gasteiger partial charge in [0, 0.05) is 28.6 Å².